The zero-order valence-corrected chi connectivity index (χ0v) is 21.8. The Morgan fingerprint density at radius 3 is 2.29 bits per heavy atom. The molecule has 2 aliphatic heterocycles. The van der Waals surface area contributed by atoms with Gasteiger partial charge in [0.05, 0.1) is 0 Å². The van der Waals surface area contributed by atoms with Gasteiger partial charge in [-0.05, 0) is 72.3 Å². The summed E-state index contributed by atoms with van der Waals surface area (Å²) in [5, 5.41) is 3.21. The normalized spacial score (nSPS) is 17.2. The van der Waals surface area contributed by atoms with Crippen molar-refractivity contribution in [2.45, 2.75) is 45.4 Å². The summed E-state index contributed by atoms with van der Waals surface area (Å²) < 4.78 is 1.12. The van der Waals surface area contributed by atoms with Crippen molar-refractivity contribution in [2.24, 2.45) is 5.92 Å². The largest absolute Gasteiger partial charge is 0.352 e. The van der Waals surface area contributed by atoms with Gasteiger partial charge in [0.1, 0.15) is 0 Å². The van der Waals surface area contributed by atoms with Crippen molar-refractivity contribution >= 4 is 21.8 Å². The first-order valence-corrected chi connectivity index (χ1v) is 13.5. The van der Waals surface area contributed by atoms with Gasteiger partial charge in [-0.25, -0.2) is 0 Å². The first-order chi connectivity index (χ1) is 17.1. The van der Waals surface area contributed by atoms with Gasteiger partial charge in [0.25, 0.3) is 0 Å². The number of hydrogen-bond acceptors (Lipinski definition) is 3. The highest BCUT2D eigenvalue weighted by Gasteiger charge is 2.25. The third-order valence-corrected chi connectivity index (χ3v) is 7.82. The minimum atomic E-state index is 0.116. The number of fused-ring (bicyclic) bond motifs is 1. The van der Waals surface area contributed by atoms with E-state index in [0.717, 1.165) is 63.0 Å². The van der Waals surface area contributed by atoms with Crippen LogP contribution >= 0.6 is 15.9 Å². The first kappa shape index (κ1) is 24.2. The number of amides is 1. The van der Waals surface area contributed by atoms with E-state index in [4.69, 9.17) is 0 Å². The summed E-state index contributed by atoms with van der Waals surface area (Å²) in [7, 11) is 0. The number of benzene rings is 3. The minimum Gasteiger partial charge on any atom is -0.352 e. The second kappa shape index (κ2) is 11.5. The molecule has 0 atom stereocenters. The van der Waals surface area contributed by atoms with E-state index >= 15 is 0 Å². The van der Waals surface area contributed by atoms with Crippen LogP contribution in [0.5, 0.6) is 0 Å². The van der Waals surface area contributed by atoms with E-state index in [9.17, 15) is 4.79 Å². The SMILES string of the molecule is O=C(NCc1cccc(CN2CCc3ccccc3C2)c1)C1CCN(Cc2cccc(Br)c2)CC1. The zero-order chi connectivity index (χ0) is 24.0. The molecular formula is C30H34BrN3O. The minimum absolute atomic E-state index is 0.116. The van der Waals surface area contributed by atoms with Crippen molar-refractivity contribution < 1.29 is 4.79 Å². The molecule has 0 aliphatic carbocycles. The summed E-state index contributed by atoms with van der Waals surface area (Å²) in [5.74, 6) is 0.315. The molecule has 0 bridgehead atoms. The van der Waals surface area contributed by atoms with E-state index in [1.807, 2.05) is 0 Å². The molecule has 1 saturated heterocycles. The van der Waals surface area contributed by atoms with Gasteiger partial charge >= 0.3 is 0 Å². The van der Waals surface area contributed by atoms with E-state index in [-0.39, 0.29) is 11.8 Å². The molecule has 1 N–H and O–H groups in total. The Kier molecular flexibility index (Phi) is 7.97. The summed E-state index contributed by atoms with van der Waals surface area (Å²) in [4.78, 5) is 17.8. The maximum atomic E-state index is 12.9. The molecule has 0 radical (unpaired) electrons. The molecule has 1 fully saturated rings. The monoisotopic (exact) mass is 531 g/mol. The highest BCUT2D eigenvalue weighted by Crippen LogP contribution is 2.22. The Morgan fingerprint density at radius 1 is 0.800 bits per heavy atom. The molecule has 35 heavy (non-hydrogen) atoms. The average Bonchev–Trinajstić information content (AvgIpc) is 2.88. The number of hydrogen-bond donors (Lipinski definition) is 1. The highest BCUT2D eigenvalue weighted by atomic mass is 79.9. The molecule has 0 saturated carbocycles. The average molecular weight is 533 g/mol. The van der Waals surface area contributed by atoms with E-state index in [2.05, 4.69) is 104 Å². The van der Waals surface area contributed by atoms with Gasteiger partial charge in [-0.1, -0.05) is 76.6 Å². The van der Waals surface area contributed by atoms with Crippen LogP contribution in [0, 0.1) is 5.92 Å². The van der Waals surface area contributed by atoms with E-state index in [1.165, 1.54) is 27.8 Å². The maximum Gasteiger partial charge on any atom is 0.223 e. The third-order valence-electron chi connectivity index (χ3n) is 7.33. The number of rotatable bonds is 7. The number of piperidine rings is 1. The number of likely N-dealkylation sites (tertiary alicyclic amines) is 1. The van der Waals surface area contributed by atoms with Gasteiger partial charge in [0.15, 0.2) is 0 Å². The molecule has 5 rings (SSSR count). The lowest BCUT2D eigenvalue weighted by Gasteiger charge is -2.31. The van der Waals surface area contributed by atoms with Gasteiger partial charge in [0, 0.05) is 43.1 Å². The molecular weight excluding hydrogens is 498 g/mol. The van der Waals surface area contributed by atoms with Crippen molar-refractivity contribution in [3.63, 3.8) is 0 Å². The van der Waals surface area contributed by atoms with Gasteiger partial charge in [-0.3, -0.25) is 14.6 Å². The predicted molar refractivity (Wildman–Crippen MR) is 145 cm³/mol. The van der Waals surface area contributed by atoms with Crippen LogP contribution in [-0.4, -0.2) is 35.3 Å². The van der Waals surface area contributed by atoms with Crippen LogP contribution in [0.15, 0.2) is 77.3 Å². The fourth-order valence-electron chi connectivity index (χ4n) is 5.37. The molecule has 0 unspecified atom stereocenters. The van der Waals surface area contributed by atoms with Crippen LogP contribution in [0.1, 0.15) is 40.7 Å². The quantitative estimate of drug-likeness (QED) is 0.435. The van der Waals surface area contributed by atoms with Crippen LogP contribution in [0.3, 0.4) is 0 Å². The Balaban J connectivity index is 1.08. The van der Waals surface area contributed by atoms with Gasteiger partial charge in [-0.2, -0.15) is 0 Å². The number of halogens is 1. The van der Waals surface area contributed by atoms with Crippen LogP contribution < -0.4 is 5.32 Å². The summed E-state index contributed by atoms with van der Waals surface area (Å²) in [6.07, 6.45) is 2.97. The van der Waals surface area contributed by atoms with Gasteiger partial charge in [-0.15, -0.1) is 0 Å². The van der Waals surface area contributed by atoms with E-state index < -0.39 is 0 Å². The lowest BCUT2D eigenvalue weighted by molar-refractivity contribution is -0.126. The molecule has 2 aliphatic rings. The predicted octanol–water partition coefficient (Wildman–Crippen LogP) is 5.54. The van der Waals surface area contributed by atoms with Crippen LogP contribution in [-0.2, 0) is 37.4 Å². The van der Waals surface area contributed by atoms with Crippen molar-refractivity contribution in [3.8, 4) is 0 Å². The second-order valence-electron chi connectivity index (χ2n) is 9.95. The maximum absolute atomic E-state index is 12.9. The van der Waals surface area contributed by atoms with E-state index in [1.54, 1.807) is 0 Å². The van der Waals surface area contributed by atoms with Crippen molar-refractivity contribution in [3.05, 3.63) is 105 Å². The smallest absolute Gasteiger partial charge is 0.223 e. The van der Waals surface area contributed by atoms with Gasteiger partial charge in [0.2, 0.25) is 5.91 Å². The summed E-state index contributed by atoms with van der Waals surface area (Å²) in [5.41, 5.74) is 6.75. The number of nitrogens with one attached hydrogen (secondary N) is 1. The second-order valence-corrected chi connectivity index (χ2v) is 10.9. The molecule has 2 heterocycles. The van der Waals surface area contributed by atoms with Crippen molar-refractivity contribution in [1.29, 1.82) is 0 Å². The summed E-state index contributed by atoms with van der Waals surface area (Å²) >= 11 is 3.55. The lowest BCUT2D eigenvalue weighted by Crippen LogP contribution is -2.40. The molecule has 0 aromatic heterocycles. The molecule has 182 valence electrons. The van der Waals surface area contributed by atoms with Crippen LogP contribution in [0.2, 0.25) is 0 Å². The van der Waals surface area contributed by atoms with Crippen molar-refractivity contribution in [2.75, 3.05) is 19.6 Å². The Bertz CT molecular complexity index is 1160. The Morgan fingerprint density at radius 2 is 1.49 bits per heavy atom. The summed E-state index contributed by atoms with van der Waals surface area (Å²) in [6, 6.07) is 26.0. The first-order valence-electron chi connectivity index (χ1n) is 12.7. The van der Waals surface area contributed by atoms with Crippen molar-refractivity contribution in [1.82, 2.24) is 15.1 Å². The topological polar surface area (TPSA) is 35.6 Å². The zero-order valence-electron chi connectivity index (χ0n) is 20.3. The van der Waals surface area contributed by atoms with Crippen LogP contribution in [0.4, 0.5) is 0 Å². The highest BCUT2D eigenvalue weighted by molar-refractivity contribution is 9.10. The Hall–Kier alpha value is -2.47. The third kappa shape index (κ3) is 6.60. The van der Waals surface area contributed by atoms with E-state index in [0.29, 0.717) is 6.54 Å². The molecule has 4 nitrogen and oxygen atoms in total. The van der Waals surface area contributed by atoms with Gasteiger partial charge < -0.3 is 5.32 Å². The molecule has 5 heteroatoms. The fraction of sp³-hybridized carbons (Fsp3) is 0.367. The standard InChI is InChI=1S/C30H34BrN3O/c31-29-10-4-7-25(18-29)20-33-14-12-27(13-15-33)30(35)32-19-23-5-3-6-24(17-23)21-34-16-11-26-8-1-2-9-28(26)22-34/h1-10,17-18,27H,11-16,19-22H2,(H,32,35). The number of nitrogens with zero attached hydrogens (tertiary/aromatic N) is 2. The lowest BCUT2D eigenvalue weighted by atomic mass is 9.95. The fourth-order valence-corrected chi connectivity index (χ4v) is 5.81. The molecule has 1 amide bonds. The molecule has 0 spiro atoms. The molecule has 3 aromatic carbocycles. The summed E-state index contributed by atoms with van der Waals surface area (Å²) in [6.45, 7) is 6.55. The van der Waals surface area contributed by atoms with Crippen LogP contribution in [0.25, 0.3) is 0 Å². The number of carbonyl (C=O) groups is 1. The number of carbonyl (C=O) groups excluding carboxylic acids is 1. The molecule has 3 aromatic rings. The Labute approximate surface area is 217 Å².